The third-order valence-corrected chi connectivity index (χ3v) is 11.0. The summed E-state index contributed by atoms with van der Waals surface area (Å²) in [5, 5.41) is 8.73. The Balaban J connectivity index is 1.73. The molecule has 0 aliphatic heterocycles. The Kier molecular flexibility index (Phi) is 4.37. The van der Waals surface area contributed by atoms with Gasteiger partial charge in [0.05, 0.1) is 19.2 Å². The largest absolute Gasteiger partial charge is 0.144 e. The molecular formula is C22H12S6. The highest BCUT2D eigenvalue weighted by atomic mass is 32.1. The molecule has 6 aromatic rings. The Morgan fingerprint density at radius 2 is 0.786 bits per heavy atom. The first kappa shape index (κ1) is 17.3. The van der Waals surface area contributed by atoms with E-state index in [0.717, 1.165) is 0 Å². The highest BCUT2D eigenvalue weighted by Gasteiger charge is 2.25. The SMILES string of the molecule is c1csc(-c2sc3c(-c4cccs4)c(-c4cccs4)sc3c2-c2cccs2)c1. The van der Waals surface area contributed by atoms with E-state index < -0.39 is 0 Å². The van der Waals surface area contributed by atoms with Crippen LogP contribution < -0.4 is 0 Å². The second-order valence-corrected chi connectivity index (χ2v) is 12.0. The van der Waals surface area contributed by atoms with Crippen LogP contribution >= 0.6 is 68.0 Å². The summed E-state index contributed by atoms with van der Waals surface area (Å²) in [5.41, 5.74) is 2.84. The molecule has 0 radical (unpaired) electrons. The average molecular weight is 469 g/mol. The zero-order valence-electron chi connectivity index (χ0n) is 14.4. The quantitative estimate of drug-likeness (QED) is 0.241. The van der Waals surface area contributed by atoms with E-state index in [1.165, 1.54) is 49.8 Å². The molecule has 0 saturated carbocycles. The highest BCUT2D eigenvalue weighted by Crippen LogP contribution is 2.57. The van der Waals surface area contributed by atoms with Gasteiger partial charge in [-0.1, -0.05) is 24.3 Å². The van der Waals surface area contributed by atoms with E-state index in [2.05, 4.69) is 70.1 Å². The minimum Gasteiger partial charge on any atom is -0.144 e. The van der Waals surface area contributed by atoms with Gasteiger partial charge < -0.3 is 0 Å². The van der Waals surface area contributed by atoms with E-state index >= 15 is 0 Å². The van der Waals surface area contributed by atoms with Gasteiger partial charge in [-0.05, 0) is 45.8 Å². The van der Waals surface area contributed by atoms with E-state index in [4.69, 9.17) is 0 Å². The molecule has 0 amide bonds. The van der Waals surface area contributed by atoms with Gasteiger partial charge in [0.1, 0.15) is 0 Å². The van der Waals surface area contributed by atoms with Crippen LogP contribution in [0.5, 0.6) is 0 Å². The van der Waals surface area contributed by atoms with Gasteiger partial charge in [-0.25, -0.2) is 0 Å². The predicted molar refractivity (Wildman–Crippen MR) is 133 cm³/mol. The van der Waals surface area contributed by atoms with Crippen molar-refractivity contribution in [1.82, 2.24) is 0 Å². The molecule has 6 heterocycles. The maximum absolute atomic E-state index is 2.26. The van der Waals surface area contributed by atoms with E-state index in [1.807, 2.05) is 68.0 Å². The minimum atomic E-state index is 1.37. The van der Waals surface area contributed by atoms with Crippen molar-refractivity contribution in [3.05, 3.63) is 70.1 Å². The molecule has 6 rings (SSSR count). The fourth-order valence-corrected chi connectivity index (χ4v) is 9.86. The predicted octanol–water partition coefficient (Wildman–Crippen LogP) is 9.88. The fraction of sp³-hybridized carbons (Fsp3) is 0. The first-order valence-corrected chi connectivity index (χ1v) is 13.8. The zero-order valence-corrected chi connectivity index (χ0v) is 19.3. The Morgan fingerprint density at radius 1 is 0.429 bits per heavy atom. The number of fused-ring (bicyclic) bond motifs is 1. The summed E-state index contributed by atoms with van der Waals surface area (Å²) in [6, 6.07) is 17.7. The Bertz CT molecular complexity index is 1220. The molecule has 0 saturated heterocycles. The minimum absolute atomic E-state index is 1.37. The molecule has 0 aliphatic carbocycles. The topological polar surface area (TPSA) is 0 Å². The highest BCUT2D eigenvalue weighted by molar-refractivity contribution is 7.36. The fourth-order valence-electron chi connectivity index (χ4n) is 3.39. The molecule has 0 fully saturated rings. The Morgan fingerprint density at radius 3 is 1.11 bits per heavy atom. The standard InChI is InChI=1S/C22H12S6/c1-5-13(23-9-1)17-19(15-7-3-11-25-15)27-22-18(14-6-2-10-24-14)20(28-21(17)22)16-8-4-12-26-16/h1-12H. The first-order valence-electron chi connectivity index (χ1n) is 8.65. The maximum Gasteiger partial charge on any atom is 0.0557 e. The molecule has 0 atom stereocenters. The maximum atomic E-state index is 2.26. The smallest absolute Gasteiger partial charge is 0.0557 e. The summed E-state index contributed by atoms with van der Waals surface area (Å²) < 4.78 is 2.87. The third-order valence-electron chi connectivity index (χ3n) is 4.55. The van der Waals surface area contributed by atoms with Gasteiger partial charge in [-0.3, -0.25) is 0 Å². The third kappa shape index (κ3) is 2.71. The van der Waals surface area contributed by atoms with Crippen LogP contribution in [0, 0.1) is 0 Å². The molecule has 28 heavy (non-hydrogen) atoms. The van der Waals surface area contributed by atoms with Crippen molar-refractivity contribution in [2.24, 2.45) is 0 Å². The number of thiophene rings is 6. The summed E-state index contributed by atoms with van der Waals surface area (Å²) in [5.74, 6) is 0. The lowest BCUT2D eigenvalue weighted by Crippen LogP contribution is -1.72. The normalized spacial score (nSPS) is 11.6. The van der Waals surface area contributed by atoms with Crippen molar-refractivity contribution in [2.45, 2.75) is 0 Å². The van der Waals surface area contributed by atoms with Crippen LogP contribution in [0.15, 0.2) is 70.1 Å². The van der Waals surface area contributed by atoms with Crippen molar-refractivity contribution in [1.29, 1.82) is 0 Å². The van der Waals surface area contributed by atoms with Crippen LogP contribution in [0.1, 0.15) is 0 Å². The lowest BCUT2D eigenvalue weighted by Gasteiger charge is -2.01. The Hall–Kier alpha value is -1.54. The van der Waals surface area contributed by atoms with Gasteiger partial charge in [-0.15, -0.1) is 68.0 Å². The summed E-state index contributed by atoms with van der Waals surface area (Å²) in [7, 11) is 0. The van der Waals surface area contributed by atoms with Crippen molar-refractivity contribution >= 4 is 77.4 Å². The monoisotopic (exact) mass is 468 g/mol. The molecule has 0 aliphatic rings. The van der Waals surface area contributed by atoms with E-state index in [-0.39, 0.29) is 0 Å². The lowest BCUT2D eigenvalue weighted by molar-refractivity contribution is 1.91. The molecule has 6 heteroatoms. The summed E-state index contributed by atoms with van der Waals surface area (Å²) >= 11 is 11.3. The van der Waals surface area contributed by atoms with Gasteiger partial charge in [0.25, 0.3) is 0 Å². The van der Waals surface area contributed by atoms with Crippen LogP contribution in [-0.2, 0) is 0 Å². The molecule has 0 bridgehead atoms. The molecule has 0 N–H and O–H groups in total. The van der Waals surface area contributed by atoms with Crippen molar-refractivity contribution in [3.8, 4) is 40.4 Å². The molecule has 0 spiro atoms. The molecular weight excluding hydrogens is 457 g/mol. The zero-order chi connectivity index (χ0) is 18.5. The van der Waals surface area contributed by atoms with Gasteiger partial charge in [0.2, 0.25) is 0 Å². The van der Waals surface area contributed by atoms with Gasteiger partial charge in [-0.2, -0.15) is 0 Å². The second-order valence-electron chi connectivity index (χ2n) is 6.18. The van der Waals surface area contributed by atoms with Gasteiger partial charge >= 0.3 is 0 Å². The van der Waals surface area contributed by atoms with Crippen LogP contribution in [0.3, 0.4) is 0 Å². The molecule has 0 unspecified atom stereocenters. The van der Waals surface area contributed by atoms with Crippen LogP contribution in [0.2, 0.25) is 0 Å². The summed E-state index contributed by atoms with van der Waals surface area (Å²) in [4.78, 5) is 8.29. The van der Waals surface area contributed by atoms with Crippen molar-refractivity contribution in [2.75, 3.05) is 0 Å². The summed E-state index contributed by atoms with van der Waals surface area (Å²) in [6.45, 7) is 0. The average Bonchev–Trinajstić information content (AvgIpc) is 3.54. The second kappa shape index (κ2) is 7.06. The van der Waals surface area contributed by atoms with Crippen LogP contribution in [0.25, 0.3) is 49.8 Å². The van der Waals surface area contributed by atoms with Crippen molar-refractivity contribution in [3.63, 3.8) is 0 Å². The van der Waals surface area contributed by atoms with E-state index in [0.29, 0.717) is 0 Å². The molecule has 0 nitrogen and oxygen atoms in total. The Labute approximate surface area is 186 Å². The van der Waals surface area contributed by atoms with E-state index in [1.54, 1.807) is 0 Å². The number of hydrogen-bond acceptors (Lipinski definition) is 6. The van der Waals surface area contributed by atoms with Gasteiger partial charge in [0.15, 0.2) is 0 Å². The first-order chi connectivity index (χ1) is 13.9. The van der Waals surface area contributed by atoms with Crippen molar-refractivity contribution < 1.29 is 0 Å². The van der Waals surface area contributed by atoms with E-state index in [9.17, 15) is 0 Å². The van der Waals surface area contributed by atoms with Crippen LogP contribution in [0.4, 0.5) is 0 Å². The lowest BCUT2D eigenvalue weighted by atomic mass is 10.1. The number of hydrogen-bond donors (Lipinski definition) is 0. The van der Waals surface area contributed by atoms with Crippen LogP contribution in [-0.4, -0.2) is 0 Å². The number of rotatable bonds is 4. The summed E-state index contributed by atoms with van der Waals surface area (Å²) in [6.07, 6.45) is 0. The molecule has 136 valence electrons. The molecule has 6 aromatic heterocycles. The molecule has 0 aromatic carbocycles. The van der Waals surface area contributed by atoms with Gasteiger partial charge in [0, 0.05) is 30.6 Å².